The quantitative estimate of drug-likeness (QED) is 0.774. The summed E-state index contributed by atoms with van der Waals surface area (Å²) in [5.74, 6) is 0.666. The molecule has 1 aromatic rings. The van der Waals surface area contributed by atoms with E-state index in [2.05, 4.69) is 32.9 Å². The van der Waals surface area contributed by atoms with Crippen LogP contribution in [-0.4, -0.2) is 11.2 Å². The minimum absolute atomic E-state index is 0.189. The van der Waals surface area contributed by atoms with Gasteiger partial charge in [0.25, 0.3) is 0 Å². The summed E-state index contributed by atoms with van der Waals surface area (Å²) in [5.41, 5.74) is 2.56. The van der Waals surface area contributed by atoms with Crippen molar-refractivity contribution in [1.82, 2.24) is 0 Å². The number of hydrogen-bond donors (Lipinski definition) is 1. The Morgan fingerprint density at radius 2 is 1.75 bits per heavy atom. The second kappa shape index (κ2) is 6.70. The third-order valence-electron chi connectivity index (χ3n) is 3.48. The summed E-state index contributed by atoms with van der Waals surface area (Å²) >= 11 is 0. The zero-order valence-electron chi connectivity index (χ0n) is 10.7. The van der Waals surface area contributed by atoms with Crippen LogP contribution in [0.2, 0.25) is 0 Å². The van der Waals surface area contributed by atoms with Crippen LogP contribution in [0.1, 0.15) is 44.2 Å². The second-order valence-corrected chi connectivity index (χ2v) is 4.70. The van der Waals surface area contributed by atoms with Crippen molar-refractivity contribution in [3.63, 3.8) is 0 Å². The van der Waals surface area contributed by atoms with E-state index in [9.17, 15) is 5.11 Å². The fourth-order valence-electron chi connectivity index (χ4n) is 2.18. The van der Waals surface area contributed by atoms with E-state index in [1.54, 1.807) is 0 Å². The van der Waals surface area contributed by atoms with Gasteiger partial charge in [-0.15, -0.1) is 0 Å². The highest BCUT2D eigenvalue weighted by atomic mass is 16.3. The molecule has 1 atom stereocenters. The molecule has 0 saturated heterocycles. The first-order valence-electron chi connectivity index (χ1n) is 6.39. The highest BCUT2D eigenvalue weighted by molar-refractivity contribution is 5.26. The Morgan fingerprint density at radius 1 is 1.12 bits per heavy atom. The molecule has 0 saturated carbocycles. The number of aliphatic hydroxyl groups excluding tert-OH is 1. The molecule has 90 valence electrons. The van der Waals surface area contributed by atoms with Crippen molar-refractivity contribution >= 4 is 0 Å². The van der Waals surface area contributed by atoms with Crippen LogP contribution in [0.25, 0.3) is 0 Å². The number of aryl methyl sites for hydroxylation is 1. The topological polar surface area (TPSA) is 20.2 Å². The normalized spacial score (nSPS) is 13.1. The van der Waals surface area contributed by atoms with Crippen LogP contribution in [0, 0.1) is 12.8 Å². The maximum Gasteiger partial charge on any atom is 0.0583 e. The monoisotopic (exact) mass is 220 g/mol. The SMILES string of the molecule is CCC(CC)CC(O)Cc1ccccc1C. The molecule has 1 aromatic carbocycles. The van der Waals surface area contributed by atoms with Gasteiger partial charge in [0.2, 0.25) is 0 Å². The van der Waals surface area contributed by atoms with Crippen molar-refractivity contribution in [2.75, 3.05) is 0 Å². The van der Waals surface area contributed by atoms with Crippen LogP contribution in [0.4, 0.5) is 0 Å². The lowest BCUT2D eigenvalue weighted by atomic mass is 9.92. The van der Waals surface area contributed by atoms with Gasteiger partial charge in [-0.3, -0.25) is 0 Å². The van der Waals surface area contributed by atoms with Gasteiger partial charge in [-0.05, 0) is 36.8 Å². The molecule has 1 N–H and O–H groups in total. The molecule has 1 rings (SSSR count). The molecular weight excluding hydrogens is 196 g/mol. The second-order valence-electron chi connectivity index (χ2n) is 4.70. The van der Waals surface area contributed by atoms with Gasteiger partial charge < -0.3 is 5.11 Å². The highest BCUT2D eigenvalue weighted by Gasteiger charge is 2.12. The molecule has 0 aliphatic rings. The number of benzene rings is 1. The fourth-order valence-corrected chi connectivity index (χ4v) is 2.18. The van der Waals surface area contributed by atoms with Crippen LogP contribution in [0.3, 0.4) is 0 Å². The first-order valence-corrected chi connectivity index (χ1v) is 6.39. The summed E-state index contributed by atoms with van der Waals surface area (Å²) in [6.07, 6.45) is 3.87. The molecule has 0 radical (unpaired) electrons. The van der Waals surface area contributed by atoms with Crippen molar-refractivity contribution in [3.05, 3.63) is 35.4 Å². The lowest BCUT2D eigenvalue weighted by molar-refractivity contribution is 0.139. The van der Waals surface area contributed by atoms with Gasteiger partial charge >= 0.3 is 0 Å². The van der Waals surface area contributed by atoms with E-state index in [0.717, 1.165) is 12.8 Å². The lowest BCUT2D eigenvalue weighted by Gasteiger charge is -2.18. The van der Waals surface area contributed by atoms with E-state index in [1.807, 2.05) is 12.1 Å². The largest absolute Gasteiger partial charge is 0.393 e. The average molecular weight is 220 g/mol. The van der Waals surface area contributed by atoms with Gasteiger partial charge in [0.05, 0.1) is 6.10 Å². The van der Waals surface area contributed by atoms with Crippen molar-refractivity contribution in [1.29, 1.82) is 0 Å². The van der Waals surface area contributed by atoms with Gasteiger partial charge in [-0.25, -0.2) is 0 Å². The van der Waals surface area contributed by atoms with E-state index >= 15 is 0 Å². The standard InChI is InChI=1S/C15H24O/c1-4-13(5-2)10-15(16)11-14-9-7-6-8-12(14)3/h6-9,13,15-16H,4-5,10-11H2,1-3H3. The van der Waals surface area contributed by atoms with Gasteiger partial charge in [-0.2, -0.15) is 0 Å². The summed E-state index contributed by atoms with van der Waals surface area (Å²) < 4.78 is 0. The fraction of sp³-hybridized carbons (Fsp3) is 0.600. The van der Waals surface area contributed by atoms with Crippen molar-refractivity contribution in [2.45, 2.75) is 52.6 Å². The molecule has 1 nitrogen and oxygen atoms in total. The molecule has 0 spiro atoms. The molecule has 0 amide bonds. The van der Waals surface area contributed by atoms with Crippen LogP contribution in [0.15, 0.2) is 24.3 Å². The Morgan fingerprint density at radius 3 is 2.31 bits per heavy atom. The molecule has 0 aliphatic carbocycles. The van der Waals surface area contributed by atoms with Gasteiger partial charge in [0.15, 0.2) is 0 Å². The minimum Gasteiger partial charge on any atom is -0.393 e. The Labute approximate surface area is 99.5 Å². The molecule has 0 fully saturated rings. The van der Waals surface area contributed by atoms with Gasteiger partial charge in [-0.1, -0.05) is 51.0 Å². The number of aliphatic hydroxyl groups is 1. The molecule has 1 unspecified atom stereocenters. The summed E-state index contributed by atoms with van der Waals surface area (Å²) in [7, 11) is 0. The zero-order valence-corrected chi connectivity index (χ0v) is 10.7. The zero-order chi connectivity index (χ0) is 12.0. The number of rotatable bonds is 6. The van der Waals surface area contributed by atoms with Crippen molar-refractivity contribution < 1.29 is 5.11 Å². The Hall–Kier alpha value is -0.820. The maximum atomic E-state index is 10.1. The van der Waals surface area contributed by atoms with E-state index in [4.69, 9.17) is 0 Å². The van der Waals surface area contributed by atoms with Crippen molar-refractivity contribution in [2.24, 2.45) is 5.92 Å². The van der Waals surface area contributed by atoms with Crippen LogP contribution in [0.5, 0.6) is 0 Å². The minimum atomic E-state index is -0.189. The molecule has 1 heteroatoms. The Kier molecular flexibility index (Phi) is 5.54. The molecule has 0 heterocycles. The van der Waals surface area contributed by atoms with Gasteiger partial charge in [0.1, 0.15) is 0 Å². The van der Waals surface area contributed by atoms with Crippen LogP contribution in [-0.2, 0) is 6.42 Å². The maximum absolute atomic E-state index is 10.1. The first kappa shape index (κ1) is 13.2. The third kappa shape index (κ3) is 3.97. The van der Waals surface area contributed by atoms with Crippen LogP contribution < -0.4 is 0 Å². The highest BCUT2D eigenvalue weighted by Crippen LogP contribution is 2.18. The molecule has 0 aliphatic heterocycles. The first-order chi connectivity index (χ1) is 7.67. The van der Waals surface area contributed by atoms with E-state index < -0.39 is 0 Å². The Bertz CT molecular complexity index is 302. The summed E-state index contributed by atoms with van der Waals surface area (Å²) in [6.45, 7) is 6.52. The molecule has 0 bridgehead atoms. The van der Waals surface area contributed by atoms with Gasteiger partial charge in [0, 0.05) is 0 Å². The molecule has 16 heavy (non-hydrogen) atoms. The summed E-state index contributed by atoms with van der Waals surface area (Å²) in [6, 6.07) is 8.32. The summed E-state index contributed by atoms with van der Waals surface area (Å²) in [4.78, 5) is 0. The summed E-state index contributed by atoms with van der Waals surface area (Å²) in [5, 5.41) is 10.1. The van der Waals surface area contributed by atoms with E-state index in [1.165, 1.54) is 24.0 Å². The van der Waals surface area contributed by atoms with Crippen molar-refractivity contribution in [3.8, 4) is 0 Å². The number of hydrogen-bond acceptors (Lipinski definition) is 1. The smallest absolute Gasteiger partial charge is 0.0583 e. The van der Waals surface area contributed by atoms with E-state index in [-0.39, 0.29) is 6.10 Å². The van der Waals surface area contributed by atoms with E-state index in [0.29, 0.717) is 5.92 Å². The predicted octanol–water partition coefficient (Wildman–Crippen LogP) is 3.72. The Balaban J connectivity index is 2.51. The lowest BCUT2D eigenvalue weighted by Crippen LogP contribution is -2.16. The molecular formula is C15H24O. The third-order valence-corrected chi connectivity index (χ3v) is 3.48. The molecule has 0 aromatic heterocycles. The van der Waals surface area contributed by atoms with Crippen LogP contribution >= 0.6 is 0 Å². The average Bonchev–Trinajstić information content (AvgIpc) is 2.29. The predicted molar refractivity (Wildman–Crippen MR) is 69.6 cm³/mol.